The third-order valence-electron chi connectivity index (χ3n) is 3.77. The van der Waals surface area contributed by atoms with Crippen LogP contribution in [0.25, 0.3) is 0 Å². The normalized spacial score (nSPS) is 23.2. The minimum Gasteiger partial charge on any atom is -0.444 e. The van der Waals surface area contributed by atoms with E-state index in [4.69, 9.17) is 4.74 Å². The van der Waals surface area contributed by atoms with E-state index in [9.17, 15) is 19.2 Å². The average Bonchev–Trinajstić information content (AvgIpc) is 2.57. The molecular weight excluding hydrogens is 300 g/mol. The van der Waals surface area contributed by atoms with Crippen LogP contribution in [0.4, 0.5) is 4.79 Å². The molecule has 7 nitrogen and oxygen atoms in total. The fourth-order valence-electron chi connectivity index (χ4n) is 2.54. The predicted octanol–water partition coefficient (Wildman–Crippen LogP) is 1.36. The van der Waals surface area contributed by atoms with Crippen LogP contribution in [0.2, 0.25) is 0 Å². The van der Waals surface area contributed by atoms with Crippen molar-refractivity contribution in [3.8, 4) is 0 Å². The number of Topliss-reactive ketones (excluding diaryl/α,β-unsaturated/α-hetero) is 1. The van der Waals surface area contributed by atoms with Crippen molar-refractivity contribution in [1.29, 1.82) is 0 Å². The van der Waals surface area contributed by atoms with E-state index in [1.165, 1.54) is 7.05 Å². The van der Waals surface area contributed by atoms with Gasteiger partial charge in [-0.15, -0.1) is 0 Å². The summed E-state index contributed by atoms with van der Waals surface area (Å²) in [6.07, 6.45) is -0.720. The van der Waals surface area contributed by atoms with Crippen molar-refractivity contribution in [2.45, 2.75) is 53.2 Å². The van der Waals surface area contributed by atoms with E-state index in [1.807, 2.05) is 0 Å². The van der Waals surface area contributed by atoms with Gasteiger partial charge in [0.25, 0.3) is 0 Å². The van der Waals surface area contributed by atoms with E-state index in [0.29, 0.717) is 0 Å². The highest BCUT2D eigenvalue weighted by atomic mass is 16.6. The summed E-state index contributed by atoms with van der Waals surface area (Å²) in [7, 11) is 1.36. The van der Waals surface area contributed by atoms with E-state index in [-0.39, 0.29) is 11.8 Å². The zero-order chi connectivity index (χ0) is 18.1. The Bertz CT molecular complexity index is 521. The molecule has 0 unspecified atom stereocenters. The molecule has 0 radical (unpaired) electrons. The van der Waals surface area contributed by atoms with Crippen molar-refractivity contribution in [1.82, 2.24) is 10.2 Å². The summed E-state index contributed by atoms with van der Waals surface area (Å²) in [6.45, 7) is 10.2. The molecule has 3 amide bonds. The Kier molecular flexibility index (Phi) is 5.56. The quantitative estimate of drug-likeness (QED) is 0.622. The molecule has 3 atom stereocenters. The van der Waals surface area contributed by atoms with Crippen LogP contribution in [0.3, 0.4) is 0 Å². The molecule has 23 heavy (non-hydrogen) atoms. The smallest absolute Gasteiger partial charge is 0.408 e. The molecule has 0 aromatic rings. The second kappa shape index (κ2) is 6.68. The summed E-state index contributed by atoms with van der Waals surface area (Å²) in [5.74, 6) is -3.38. The summed E-state index contributed by atoms with van der Waals surface area (Å²) in [5.41, 5.74) is -0.693. The number of ether oxygens (including phenoxy) is 1. The lowest BCUT2D eigenvalue weighted by Gasteiger charge is -2.26. The molecule has 1 heterocycles. The SMILES string of the molecule is CC(C)[C@H](NC(=O)OC(C)(C)C)C(=O)[C@@H]1C(=O)N(C)C(=O)[C@H]1C. The van der Waals surface area contributed by atoms with Crippen LogP contribution >= 0.6 is 0 Å². The van der Waals surface area contributed by atoms with Crippen LogP contribution in [-0.2, 0) is 19.1 Å². The Hall–Kier alpha value is -1.92. The first-order chi connectivity index (χ1) is 10.4. The van der Waals surface area contributed by atoms with Gasteiger partial charge in [-0.25, -0.2) is 4.79 Å². The molecule has 1 aliphatic rings. The fourth-order valence-corrected chi connectivity index (χ4v) is 2.54. The van der Waals surface area contributed by atoms with Gasteiger partial charge in [0, 0.05) is 7.05 Å². The summed E-state index contributed by atoms with van der Waals surface area (Å²) >= 11 is 0. The van der Waals surface area contributed by atoms with Crippen LogP contribution < -0.4 is 5.32 Å². The molecular formula is C16H26N2O5. The number of nitrogens with one attached hydrogen (secondary N) is 1. The second-order valence-electron chi connectivity index (χ2n) is 7.27. The largest absolute Gasteiger partial charge is 0.444 e. The molecule has 0 bridgehead atoms. The predicted molar refractivity (Wildman–Crippen MR) is 83.4 cm³/mol. The first-order valence-electron chi connectivity index (χ1n) is 7.71. The zero-order valence-electron chi connectivity index (χ0n) is 14.8. The number of hydrogen-bond donors (Lipinski definition) is 1. The maximum absolute atomic E-state index is 12.7. The van der Waals surface area contributed by atoms with Crippen molar-refractivity contribution in [3.63, 3.8) is 0 Å². The van der Waals surface area contributed by atoms with Crippen LogP contribution in [0.5, 0.6) is 0 Å². The van der Waals surface area contributed by atoms with Gasteiger partial charge < -0.3 is 10.1 Å². The molecule has 0 saturated carbocycles. The molecule has 0 spiro atoms. The van der Waals surface area contributed by atoms with Gasteiger partial charge in [0.05, 0.1) is 12.0 Å². The maximum Gasteiger partial charge on any atom is 0.408 e. The van der Waals surface area contributed by atoms with Crippen LogP contribution in [0.15, 0.2) is 0 Å². The number of carbonyl (C=O) groups excluding carboxylic acids is 4. The Morgan fingerprint density at radius 2 is 1.70 bits per heavy atom. The minimum absolute atomic E-state index is 0.240. The highest BCUT2D eigenvalue weighted by Crippen LogP contribution is 2.28. The van der Waals surface area contributed by atoms with E-state index < -0.39 is 41.3 Å². The Labute approximate surface area is 136 Å². The van der Waals surface area contributed by atoms with Crippen molar-refractivity contribution >= 4 is 23.7 Å². The number of likely N-dealkylation sites (tertiary alicyclic amines) is 1. The molecule has 0 aliphatic carbocycles. The fraction of sp³-hybridized carbons (Fsp3) is 0.750. The number of imide groups is 1. The number of nitrogens with zero attached hydrogens (tertiary/aromatic N) is 1. The highest BCUT2D eigenvalue weighted by molar-refractivity contribution is 6.16. The number of alkyl carbamates (subject to hydrolysis) is 1. The lowest BCUT2D eigenvalue weighted by atomic mass is 9.85. The van der Waals surface area contributed by atoms with Gasteiger partial charge in [0.2, 0.25) is 11.8 Å². The highest BCUT2D eigenvalue weighted by Gasteiger charge is 2.49. The van der Waals surface area contributed by atoms with Crippen LogP contribution in [0.1, 0.15) is 41.5 Å². The first kappa shape index (κ1) is 19.1. The first-order valence-corrected chi connectivity index (χ1v) is 7.71. The summed E-state index contributed by atoms with van der Waals surface area (Å²) in [5, 5.41) is 2.53. The summed E-state index contributed by atoms with van der Waals surface area (Å²) < 4.78 is 5.16. The Morgan fingerprint density at radius 1 is 1.17 bits per heavy atom. The van der Waals surface area contributed by atoms with Crippen molar-refractivity contribution in [3.05, 3.63) is 0 Å². The van der Waals surface area contributed by atoms with Gasteiger partial charge in [-0.05, 0) is 26.7 Å². The topological polar surface area (TPSA) is 92.8 Å². The van der Waals surface area contributed by atoms with Gasteiger partial charge in [0.1, 0.15) is 11.5 Å². The summed E-state index contributed by atoms with van der Waals surface area (Å²) in [6, 6.07) is -0.888. The monoisotopic (exact) mass is 326 g/mol. The van der Waals surface area contributed by atoms with Gasteiger partial charge in [-0.2, -0.15) is 0 Å². The van der Waals surface area contributed by atoms with Gasteiger partial charge in [0.15, 0.2) is 5.78 Å². The molecule has 1 fully saturated rings. The average molecular weight is 326 g/mol. The third kappa shape index (κ3) is 4.30. The van der Waals surface area contributed by atoms with E-state index in [2.05, 4.69) is 5.32 Å². The molecule has 1 aliphatic heterocycles. The zero-order valence-corrected chi connectivity index (χ0v) is 14.8. The Morgan fingerprint density at radius 3 is 2.04 bits per heavy atom. The number of hydrogen-bond acceptors (Lipinski definition) is 5. The van der Waals surface area contributed by atoms with Crippen molar-refractivity contribution in [2.24, 2.45) is 17.8 Å². The lowest BCUT2D eigenvalue weighted by Crippen LogP contribution is -2.50. The minimum atomic E-state index is -1.06. The van der Waals surface area contributed by atoms with Gasteiger partial charge >= 0.3 is 6.09 Å². The van der Waals surface area contributed by atoms with Gasteiger partial charge in [-0.3, -0.25) is 19.3 Å². The second-order valence-corrected chi connectivity index (χ2v) is 7.27. The van der Waals surface area contributed by atoms with Crippen molar-refractivity contribution in [2.75, 3.05) is 7.05 Å². The maximum atomic E-state index is 12.7. The Balaban J connectivity index is 2.94. The number of ketones is 1. The van der Waals surface area contributed by atoms with E-state index in [0.717, 1.165) is 4.90 Å². The third-order valence-corrected chi connectivity index (χ3v) is 3.77. The molecule has 0 aromatic carbocycles. The molecule has 0 aromatic heterocycles. The van der Waals surface area contributed by atoms with Gasteiger partial charge in [-0.1, -0.05) is 20.8 Å². The molecule has 7 heteroatoms. The van der Waals surface area contributed by atoms with E-state index in [1.54, 1.807) is 41.5 Å². The van der Waals surface area contributed by atoms with Crippen LogP contribution in [-0.4, -0.2) is 47.3 Å². The number of amides is 3. The van der Waals surface area contributed by atoms with E-state index >= 15 is 0 Å². The van der Waals surface area contributed by atoms with Crippen molar-refractivity contribution < 1.29 is 23.9 Å². The summed E-state index contributed by atoms with van der Waals surface area (Å²) in [4.78, 5) is 49.7. The standard InChI is InChI=1S/C16H26N2O5/c1-8(2)11(17-15(22)23-16(4,5)6)12(19)10-9(3)13(20)18(7)14(10)21/h8-11H,1-7H3,(H,17,22)/t9-,10+,11-/m0/s1. The number of rotatable bonds is 4. The molecule has 130 valence electrons. The lowest BCUT2D eigenvalue weighted by molar-refractivity contribution is -0.139. The molecule has 1 rings (SSSR count). The van der Waals surface area contributed by atoms with Crippen LogP contribution in [0, 0.1) is 17.8 Å². The molecule has 1 N–H and O–H groups in total. The molecule has 1 saturated heterocycles. The number of carbonyl (C=O) groups is 4.